The summed E-state index contributed by atoms with van der Waals surface area (Å²) in [5.41, 5.74) is 0.436. The van der Waals surface area contributed by atoms with E-state index in [0.29, 0.717) is 12.6 Å². The van der Waals surface area contributed by atoms with Crippen LogP contribution in [0.3, 0.4) is 0 Å². The van der Waals surface area contributed by atoms with Gasteiger partial charge in [0.25, 0.3) is 5.91 Å². The number of rotatable bonds is 2. The molecular formula is C17H28N4O2. The van der Waals surface area contributed by atoms with Crippen molar-refractivity contribution < 1.29 is 9.53 Å². The summed E-state index contributed by atoms with van der Waals surface area (Å²) in [7, 11) is 0. The second kappa shape index (κ2) is 5.89. The Hall–Kier alpha value is -1.43. The van der Waals surface area contributed by atoms with E-state index in [-0.39, 0.29) is 11.3 Å². The normalized spacial score (nSPS) is 26.7. The van der Waals surface area contributed by atoms with Crippen LogP contribution in [0.15, 0.2) is 6.20 Å². The first-order valence-electron chi connectivity index (χ1n) is 8.65. The number of carbonyl (C=O) groups is 1. The van der Waals surface area contributed by atoms with E-state index >= 15 is 0 Å². The molecule has 1 atom stereocenters. The van der Waals surface area contributed by atoms with Crippen LogP contribution in [-0.2, 0) is 14.9 Å². The third kappa shape index (κ3) is 3.27. The first kappa shape index (κ1) is 16.4. The molecular weight excluding hydrogens is 292 g/mol. The fourth-order valence-electron chi connectivity index (χ4n) is 3.41. The van der Waals surface area contributed by atoms with Crippen molar-refractivity contribution in [2.45, 2.75) is 70.4 Å². The number of piperidine rings is 1. The van der Waals surface area contributed by atoms with Gasteiger partial charge >= 0.3 is 0 Å². The molecule has 1 aromatic heterocycles. The Bertz CT molecular complexity index is 561. The van der Waals surface area contributed by atoms with Gasteiger partial charge in [0.2, 0.25) is 0 Å². The SMILES string of the molecule is CC(C)(C)c1cn(C2CCN(C(=O)[C@]3(C)CCCO3)CC2)nn1. The van der Waals surface area contributed by atoms with Crippen LogP contribution in [0.2, 0.25) is 0 Å². The van der Waals surface area contributed by atoms with Crippen molar-refractivity contribution in [3.8, 4) is 0 Å². The van der Waals surface area contributed by atoms with Gasteiger partial charge in [-0.2, -0.15) is 0 Å². The van der Waals surface area contributed by atoms with E-state index in [4.69, 9.17) is 4.74 Å². The number of likely N-dealkylation sites (tertiary alicyclic amines) is 1. The molecule has 0 N–H and O–H groups in total. The summed E-state index contributed by atoms with van der Waals surface area (Å²) in [5, 5.41) is 8.61. The zero-order valence-corrected chi connectivity index (χ0v) is 14.7. The lowest BCUT2D eigenvalue weighted by Gasteiger charge is -2.36. The highest BCUT2D eigenvalue weighted by Crippen LogP contribution is 2.30. The van der Waals surface area contributed by atoms with Crippen molar-refractivity contribution in [1.82, 2.24) is 19.9 Å². The second-order valence-corrected chi connectivity index (χ2v) is 8.04. The smallest absolute Gasteiger partial charge is 0.254 e. The molecule has 0 unspecified atom stereocenters. The number of nitrogens with zero attached hydrogens (tertiary/aromatic N) is 4. The minimum absolute atomic E-state index is 0.0172. The van der Waals surface area contributed by atoms with Gasteiger partial charge in [0.1, 0.15) is 5.60 Å². The number of hydrogen-bond acceptors (Lipinski definition) is 4. The van der Waals surface area contributed by atoms with Crippen molar-refractivity contribution in [2.24, 2.45) is 0 Å². The Morgan fingerprint density at radius 2 is 2.04 bits per heavy atom. The fraction of sp³-hybridized carbons (Fsp3) is 0.824. The van der Waals surface area contributed by atoms with Gasteiger partial charge in [-0.3, -0.25) is 4.79 Å². The Labute approximate surface area is 138 Å². The second-order valence-electron chi connectivity index (χ2n) is 8.04. The summed E-state index contributed by atoms with van der Waals surface area (Å²) >= 11 is 0. The molecule has 1 amide bonds. The lowest BCUT2D eigenvalue weighted by Crippen LogP contribution is -2.49. The van der Waals surface area contributed by atoms with Gasteiger partial charge in [0, 0.05) is 31.3 Å². The minimum atomic E-state index is -0.598. The molecule has 0 bridgehead atoms. The maximum atomic E-state index is 12.7. The standard InChI is InChI=1S/C17H28N4O2/c1-16(2,3)14-12-21(19-18-14)13-6-9-20(10-7-13)15(22)17(4)8-5-11-23-17/h12-13H,5-11H2,1-4H3/t17-/m0/s1. The zero-order valence-electron chi connectivity index (χ0n) is 14.7. The van der Waals surface area contributed by atoms with Crippen molar-refractivity contribution in [3.63, 3.8) is 0 Å². The molecule has 2 aliphatic heterocycles. The van der Waals surface area contributed by atoms with Crippen LogP contribution in [0.4, 0.5) is 0 Å². The third-order valence-corrected chi connectivity index (χ3v) is 5.08. The van der Waals surface area contributed by atoms with Crippen LogP contribution in [0.1, 0.15) is 65.1 Å². The number of ether oxygens (including phenoxy) is 1. The molecule has 0 aliphatic carbocycles. The molecule has 2 aliphatic rings. The fourth-order valence-corrected chi connectivity index (χ4v) is 3.41. The summed E-state index contributed by atoms with van der Waals surface area (Å²) < 4.78 is 7.67. The Morgan fingerprint density at radius 3 is 2.57 bits per heavy atom. The topological polar surface area (TPSA) is 60.2 Å². The molecule has 1 aromatic rings. The minimum Gasteiger partial charge on any atom is -0.365 e. The number of carbonyl (C=O) groups excluding carboxylic acids is 1. The molecule has 2 saturated heterocycles. The van der Waals surface area contributed by atoms with Gasteiger partial charge in [0.15, 0.2) is 0 Å². The Kier molecular flexibility index (Phi) is 4.21. The third-order valence-electron chi connectivity index (χ3n) is 5.08. The number of amides is 1. The van der Waals surface area contributed by atoms with Crippen LogP contribution in [0.5, 0.6) is 0 Å². The Balaban J connectivity index is 1.60. The molecule has 2 fully saturated rings. The maximum Gasteiger partial charge on any atom is 0.254 e. The molecule has 23 heavy (non-hydrogen) atoms. The van der Waals surface area contributed by atoms with Crippen molar-refractivity contribution in [1.29, 1.82) is 0 Å². The first-order valence-corrected chi connectivity index (χ1v) is 8.65. The summed E-state index contributed by atoms with van der Waals surface area (Å²) in [6.07, 6.45) is 5.73. The van der Waals surface area contributed by atoms with Crippen LogP contribution in [0, 0.1) is 0 Å². The quantitative estimate of drug-likeness (QED) is 0.839. The summed E-state index contributed by atoms with van der Waals surface area (Å²) in [6, 6.07) is 0.333. The van der Waals surface area contributed by atoms with Crippen molar-refractivity contribution in [3.05, 3.63) is 11.9 Å². The largest absolute Gasteiger partial charge is 0.365 e. The highest BCUT2D eigenvalue weighted by atomic mass is 16.5. The summed E-state index contributed by atoms with van der Waals surface area (Å²) in [4.78, 5) is 14.6. The van der Waals surface area contributed by atoms with Crippen LogP contribution in [-0.4, -0.2) is 51.1 Å². The van der Waals surface area contributed by atoms with Gasteiger partial charge < -0.3 is 9.64 Å². The average molecular weight is 320 g/mol. The molecule has 0 spiro atoms. The predicted molar refractivity (Wildman–Crippen MR) is 87.2 cm³/mol. The molecule has 3 heterocycles. The van der Waals surface area contributed by atoms with E-state index in [2.05, 4.69) is 37.3 Å². The zero-order chi connectivity index (χ0) is 16.7. The number of hydrogen-bond donors (Lipinski definition) is 0. The summed E-state index contributed by atoms with van der Waals surface area (Å²) in [5.74, 6) is 0.155. The van der Waals surface area contributed by atoms with E-state index in [1.165, 1.54) is 0 Å². The molecule has 6 nitrogen and oxygen atoms in total. The predicted octanol–water partition coefficient (Wildman–Crippen LogP) is 2.31. The monoisotopic (exact) mass is 320 g/mol. The molecule has 128 valence electrons. The molecule has 0 aromatic carbocycles. The van der Waals surface area contributed by atoms with Crippen LogP contribution in [0.25, 0.3) is 0 Å². The van der Waals surface area contributed by atoms with Crippen LogP contribution < -0.4 is 0 Å². The summed E-state index contributed by atoms with van der Waals surface area (Å²) in [6.45, 7) is 10.6. The van der Waals surface area contributed by atoms with Gasteiger partial charge in [-0.05, 0) is 32.6 Å². The van der Waals surface area contributed by atoms with Crippen LogP contribution >= 0.6 is 0 Å². The lowest BCUT2D eigenvalue weighted by molar-refractivity contribution is -0.152. The van der Waals surface area contributed by atoms with E-state index in [9.17, 15) is 4.79 Å². The first-order chi connectivity index (χ1) is 10.8. The Morgan fingerprint density at radius 1 is 1.35 bits per heavy atom. The van der Waals surface area contributed by atoms with Crippen molar-refractivity contribution >= 4 is 5.91 Å². The van der Waals surface area contributed by atoms with E-state index in [1.807, 2.05) is 16.5 Å². The van der Waals surface area contributed by atoms with Gasteiger partial charge in [-0.15, -0.1) is 5.10 Å². The molecule has 6 heteroatoms. The van der Waals surface area contributed by atoms with E-state index in [0.717, 1.165) is 44.5 Å². The lowest BCUT2D eigenvalue weighted by atomic mass is 9.93. The molecule has 3 rings (SSSR count). The molecule has 0 radical (unpaired) electrons. The van der Waals surface area contributed by atoms with Crippen molar-refractivity contribution in [2.75, 3.05) is 19.7 Å². The van der Waals surface area contributed by atoms with Gasteiger partial charge in [-0.25, -0.2) is 4.68 Å². The highest BCUT2D eigenvalue weighted by Gasteiger charge is 2.41. The van der Waals surface area contributed by atoms with E-state index in [1.54, 1.807) is 0 Å². The highest BCUT2D eigenvalue weighted by molar-refractivity contribution is 5.85. The van der Waals surface area contributed by atoms with E-state index < -0.39 is 5.60 Å². The van der Waals surface area contributed by atoms with Gasteiger partial charge in [-0.1, -0.05) is 26.0 Å². The number of aromatic nitrogens is 3. The maximum absolute atomic E-state index is 12.7. The molecule has 0 saturated carbocycles. The van der Waals surface area contributed by atoms with Gasteiger partial charge in [0.05, 0.1) is 11.7 Å². The average Bonchev–Trinajstić information content (AvgIpc) is 3.16.